The van der Waals surface area contributed by atoms with Crippen molar-refractivity contribution >= 4 is 5.69 Å². The Morgan fingerprint density at radius 1 is 1.35 bits per heavy atom. The van der Waals surface area contributed by atoms with Gasteiger partial charge < -0.3 is 9.88 Å². The van der Waals surface area contributed by atoms with Gasteiger partial charge in [0.15, 0.2) is 11.6 Å². The molecule has 0 aliphatic rings. The van der Waals surface area contributed by atoms with Crippen LogP contribution in [0.4, 0.5) is 14.5 Å². The molecule has 0 amide bonds. The van der Waals surface area contributed by atoms with E-state index < -0.39 is 11.6 Å². The molecule has 90 valence electrons. The van der Waals surface area contributed by atoms with Gasteiger partial charge in [0.1, 0.15) is 5.82 Å². The van der Waals surface area contributed by atoms with Gasteiger partial charge in [-0.3, -0.25) is 0 Å². The number of aryl methyl sites for hydroxylation is 1. The number of imidazole rings is 1. The number of benzene rings is 1. The van der Waals surface area contributed by atoms with Crippen molar-refractivity contribution in [1.29, 1.82) is 0 Å². The lowest BCUT2D eigenvalue weighted by atomic mass is 10.2. The van der Waals surface area contributed by atoms with E-state index in [-0.39, 0.29) is 11.7 Å². The summed E-state index contributed by atoms with van der Waals surface area (Å²) in [4.78, 5) is 4.15. The van der Waals surface area contributed by atoms with Crippen molar-refractivity contribution in [3.63, 3.8) is 0 Å². The van der Waals surface area contributed by atoms with Crippen LogP contribution in [0.25, 0.3) is 0 Å². The van der Waals surface area contributed by atoms with Gasteiger partial charge in [-0.2, -0.15) is 0 Å². The molecular weight excluding hydrogens is 224 g/mol. The van der Waals surface area contributed by atoms with Crippen LogP contribution in [0.5, 0.6) is 0 Å². The smallest absolute Gasteiger partial charge is 0.181 e. The lowest BCUT2D eigenvalue weighted by Gasteiger charge is -2.15. The summed E-state index contributed by atoms with van der Waals surface area (Å²) >= 11 is 0. The minimum absolute atomic E-state index is 0.139. The molecule has 1 aromatic carbocycles. The number of nitrogens with zero attached hydrogens (tertiary/aromatic N) is 2. The van der Waals surface area contributed by atoms with Gasteiger partial charge in [0.05, 0.1) is 11.7 Å². The number of nitrogens with one attached hydrogen (secondary N) is 1. The standard InChI is InChI=1S/C12H13F2N3/c1-8(12-15-6-7-17(12)2)16-10-5-3-4-9(13)11(10)14/h3-8,16H,1-2H3. The highest BCUT2D eigenvalue weighted by molar-refractivity contribution is 5.46. The van der Waals surface area contributed by atoms with Crippen molar-refractivity contribution in [2.24, 2.45) is 7.05 Å². The second-order valence-corrected chi connectivity index (χ2v) is 3.86. The summed E-state index contributed by atoms with van der Waals surface area (Å²) in [5, 5.41) is 2.90. The molecule has 1 aromatic heterocycles. The third kappa shape index (κ3) is 2.27. The highest BCUT2D eigenvalue weighted by atomic mass is 19.2. The van der Waals surface area contributed by atoms with Gasteiger partial charge in [0.2, 0.25) is 0 Å². The molecule has 1 heterocycles. The van der Waals surface area contributed by atoms with Gasteiger partial charge in [-0.05, 0) is 19.1 Å². The fourth-order valence-corrected chi connectivity index (χ4v) is 1.71. The van der Waals surface area contributed by atoms with Crippen LogP contribution >= 0.6 is 0 Å². The minimum atomic E-state index is -0.867. The Kier molecular flexibility index (Phi) is 3.08. The number of hydrogen-bond donors (Lipinski definition) is 1. The first kappa shape index (κ1) is 11.6. The molecule has 17 heavy (non-hydrogen) atoms. The maximum Gasteiger partial charge on any atom is 0.181 e. The zero-order valence-electron chi connectivity index (χ0n) is 9.61. The van der Waals surface area contributed by atoms with Crippen LogP contribution in [0.2, 0.25) is 0 Å². The summed E-state index contributed by atoms with van der Waals surface area (Å²) in [5.74, 6) is -0.968. The van der Waals surface area contributed by atoms with Gasteiger partial charge >= 0.3 is 0 Å². The van der Waals surface area contributed by atoms with Crippen molar-refractivity contribution < 1.29 is 8.78 Å². The highest BCUT2D eigenvalue weighted by Gasteiger charge is 2.13. The first-order valence-corrected chi connectivity index (χ1v) is 5.27. The average Bonchev–Trinajstić information content (AvgIpc) is 2.71. The molecular formula is C12H13F2N3. The van der Waals surface area contributed by atoms with E-state index in [9.17, 15) is 8.78 Å². The Hall–Kier alpha value is -1.91. The van der Waals surface area contributed by atoms with Crippen LogP contribution in [0.3, 0.4) is 0 Å². The SMILES string of the molecule is CC(Nc1cccc(F)c1F)c1nccn1C. The molecule has 5 heteroatoms. The number of aromatic nitrogens is 2. The topological polar surface area (TPSA) is 29.9 Å². The first-order valence-electron chi connectivity index (χ1n) is 5.27. The molecule has 0 aliphatic carbocycles. The fourth-order valence-electron chi connectivity index (χ4n) is 1.71. The van der Waals surface area contributed by atoms with Gasteiger partial charge in [0.25, 0.3) is 0 Å². The predicted molar refractivity (Wildman–Crippen MR) is 61.6 cm³/mol. The van der Waals surface area contributed by atoms with Gasteiger partial charge in [-0.25, -0.2) is 13.8 Å². The number of anilines is 1. The summed E-state index contributed by atoms with van der Waals surface area (Å²) in [6.45, 7) is 1.84. The Bertz CT molecular complexity index is 522. The summed E-state index contributed by atoms with van der Waals surface area (Å²) in [6.07, 6.45) is 3.46. The largest absolute Gasteiger partial charge is 0.373 e. The van der Waals surface area contributed by atoms with Crippen LogP contribution in [0, 0.1) is 11.6 Å². The summed E-state index contributed by atoms with van der Waals surface area (Å²) < 4.78 is 28.3. The molecule has 0 radical (unpaired) electrons. The van der Waals surface area contributed by atoms with Crippen molar-refractivity contribution in [2.75, 3.05) is 5.32 Å². The van der Waals surface area contributed by atoms with E-state index in [1.165, 1.54) is 12.1 Å². The van der Waals surface area contributed by atoms with E-state index >= 15 is 0 Å². The number of hydrogen-bond acceptors (Lipinski definition) is 2. The maximum absolute atomic E-state index is 13.4. The molecule has 2 aromatic rings. The van der Waals surface area contributed by atoms with E-state index in [4.69, 9.17) is 0 Å². The average molecular weight is 237 g/mol. The van der Waals surface area contributed by atoms with Crippen LogP contribution < -0.4 is 5.32 Å². The zero-order valence-corrected chi connectivity index (χ0v) is 9.61. The Labute approximate surface area is 98.1 Å². The Morgan fingerprint density at radius 2 is 2.12 bits per heavy atom. The fraction of sp³-hybridized carbons (Fsp3) is 0.250. The van der Waals surface area contributed by atoms with E-state index in [0.717, 1.165) is 11.9 Å². The first-order chi connectivity index (χ1) is 8.09. The minimum Gasteiger partial charge on any atom is -0.373 e. The van der Waals surface area contributed by atoms with E-state index in [2.05, 4.69) is 10.3 Å². The maximum atomic E-state index is 13.4. The van der Waals surface area contributed by atoms with Crippen molar-refractivity contribution in [1.82, 2.24) is 9.55 Å². The van der Waals surface area contributed by atoms with Gasteiger partial charge in [-0.1, -0.05) is 6.07 Å². The summed E-state index contributed by atoms with van der Waals surface area (Å²) in [7, 11) is 1.85. The molecule has 0 spiro atoms. The van der Waals surface area contributed by atoms with Crippen molar-refractivity contribution in [2.45, 2.75) is 13.0 Å². The summed E-state index contributed by atoms with van der Waals surface area (Å²) in [6, 6.07) is 3.85. The molecule has 1 unspecified atom stereocenters. The third-order valence-corrected chi connectivity index (χ3v) is 2.57. The van der Waals surface area contributed by atoms with E-state index in [1.54, 1.807) is 12.4 Å². The molecule has 0 bridgehead atoms. The van der Waals surface area contributed by atoms with Crippen LogP contribution in [0.15, 0.2) is 30.6 Å². The molecule has 1 N–H and O–H groups in total. The monoisotopic (exact) mass is 237 g/mol. The normalized spacial score (nSPS) is 12.5. The predicted octanol–water partition coefficient (Wildman–Crippen LogP) is 2.87. The highest BCUT2D eigenvalue weighted by Crippen LogP contribution is 2.21. The Morgan fingerprint density at radius 3 is 2.76 bits per heavy atom. The molecule has 1 atom stereocenters. The van der Waals surface area contributed by atoms with Gasteiger partial charge in [-0.15, -0.1) is 0 Å². The molecule has 3 nitrogen and oxygen atoms in total. The molecule has 2 rings (SSSR count). The second kappa shape index (κ2) is 4.53. The molecule has 0 fully saturated rings. The van der Waals surface area contributed by atoms with Crippen LogP contribution in [0.1, 0.15) is 18.8 Å². The third-order valence-electron chi connectivity index (χ3n) is 2.57. The Balaban J connectivity index is 2.22. The van der Waals surface area contributed by atoms with Crippen molar-refractivity contribution in [3.05, 3.63) is 48.1 Å². The molecule has 0 aliphatic heterocycles. The lowest BCUT2D eigenvalue weighted by Crippen LogP contribution is -2.13. The van der Waals surface area contributed by atoms with E-state index in [1.807, 2.05) is 18.5 Å². The number of rotatable bonds is 3. The number of halogens is 2. The van der Waals surface area contributed by atoms with Crippen LogP contribution in [-0.2, 0) is 7.05 Å². The zero-order chi connectivity index (χ0) is 12.4. The van der Waals surface area contributed by atoms with Gasteiger partial charge in [0, 0.05) is 19.4 Å². The molecule has 0 saturated heterocycles. The quantitative estimate of drug-likeness (QED) is 0.889. The second-order valence-electron chi connectivity index (χ2n) is 3.86. The van der Waals surface area contributed by atoms with Crippen molar-refractivity contribution in [3.8, 4) is 0 Å². The molecule has 0 saturated carbocycles. The van der Waals surface area contributed by atoms with E-state index in [0.29, 0.717) is 0 Å². The summed E-state index contributed by atoms with van der Waals surface area (Å²) in [5.41, 5.74) is 0.139. The van der Waals surface area contributed by atoms with Crippen LogP contribution in [-0.4, -0.2) is 9.55 Å². The lowest BCUT2D eigenvalue weighted by molar-refractivity contribution is 0.509.